The number of hydrogen-bond donors (Lipinski definition) is 7. The Labute approximate surface area is 115 Å². The highest BCUT2D eigenvalue weighted by Gasteiger charge is 1.94. The Hall–Kier alpha value is -1.48. The van der Waals surface area contributed by atoms with Crippen LogP contribution in [0.3, 0.4) is 0 Å². The lowest BCUT2D eigenvalue weighted by molar-refractivity contribution is 0.378. The molecule has 1 aromatic carbocycles. The fourth-order valence-corrected chi connectivity index (χ4v) is 0.802. The van der Waals surface area contributed by atoms with Gasteiger partial charge in [0.2, 0.25) is 0 Å². The van der Waals surface area contributed by atoms with Crippen molar-refractivity contribution >= 4 is 32.2 Å². The van der Waals surface area contributed by atoms with Gasteiger partial charge < -0.3 is 17.2 Å². The molecule has 0 heterocycles. The summed E-state index contributed by atoms with van der Waals surface area (Å²) in [5.74, 6) is 0. The van der Waals surface area contributed by atoms with Crippen molar-refractivity contribution in [3.63, 3.8) is 0 Å². The second-order valence-corrected chi connectivity index (χ2v) is 4.85. The normalized spacial score (nSPS) is 10.7. The van der Waals surface area contributed by atoms with Gasteiger partial charge in [-0.05, 0) is 23.8 Å². The van der Waals surface area contributed by atoms with Crippen molar-refractivity contribution in [3.05, 3.63) is 23.8 Å². The molecule has 118 valence electrons. The first-order valence-corrected chi connectivity index (χ1v) is 7.27. The molecule has 0 aromatic heterocycles. The molecule has 0 fully saturated rings. The number of nitrogen functional groups attached to an aromatic ring is 2. The zero-order valence-corrected chi connectivity index (χ0v) is 11.5. The third-order valence-corrected chi connectivity index (χ3v) is 1.39. The lowest BCUT2D eigenvalue weighted by Gasteiger charge is -2.02. The van der Waals surface area contributed by atoms with Gasteiger partial charge in [0.15, 0.2) is 0 Å². The Bertz CT molecular complexity index is 567. The Balaban J connectivity index is 0. The molecule has 20 heavy (non-hydrogen) atoms. The summed E-state index contributed by atoms with van der Waals surface area (Å²) in [6.45, 7) is 0.441. The predicted octanol–water partition coefficient (Wildman–Crippen LogP) is -0.996. The van der Waals surface area contributed by atoms with E-state index < -0.39 is 20.8 Å². The smallest absolute Gasteiger partial charge is 0.394 e. The summed E-state index contributed by atoms with van der Waals surface area (Å²) in [5.41, 5.74) is 18.8. The Morgan fingerprint density at radius 2 is 1.25 bits per heavy atom. The Morgan fingerprint density at radius 3 is 1.50 bits per heavy atom. The van der Waals surface area contributed by atoms with Gasteiger partial charge in [-0.3, -0.25) is 18.2 Å². The van der Waals surface area contributed by atoms with E-state index in [9.17, 15) is 0 Å². The van der Waals surface area contributed by atoms with E-state index >= 15 is 0 Å². The SMILES string of the molecule is NCc1cc(N)ccc1N.O=S(=O)(O)O.O=S(=O)(O)O. The first kappa shape index (κ1) is 20.8. The first-order valence-electron chi connectivity index (χ1n) is 4.47. The van der Waals surface area contributed by atoms with Gasteiger partial charge in [-0.1, -0.05) is 0 Å². The third kappa shape index (κ3) is 21.8. The largest absolute Gasteiger partial charge is 0.399 e. The minimum Gasteiger partial charge on any atom is -0.399 e. The third-order valence-electron chi connectivity index (χ3n) is 1.39. The van der Waals surface area contributed by atoms with E-state index in [1.165, 1.54) is 0 Å². The van der Waals surface area contributed by atoms with Crippen molar-refractivity contribution < 1.29 is 35.0 Å². The molecule has 11 nitrogen and oxygen atoms in total. The van der Waals surface area contributed by atoms with Gasteiger partial charge >= 0.3 is 20.8 Å². The van der Waals surface area contributed by atoms with Crippen LogP contribution in [0, 0.1) is 0 Å². The lowest BCUT2D eigenvalue weighted by Crippen LogP contribution is -2.02. The van der Waals surface area contributed by atoms with Gasteiger partial charge in [0.25, 0.3) is 0 Å². The number of nitrogens with two attached hydrogens (primary N) is 3. The minimum atomic E-state index is -4.67. The summed E-state index contributed by atoms with van der Waals surface area (Å²) in [5, 5.41) is 0. The van der Waals surface area contributed by atoms with E-state index in [0.29, 0.717) is 17.9 Å². The zero-order chi connectivity index (χ0) is 16.6. The predicted molar refractivity (Wildman–Crippen MR) is 71.5 cm³/mol. The van der Waals surface area contributed by atoms with E-state index in [-0.39, 0.29) is 0 Å². The molecule has 0 aliphatic carbocycles. The second kappa shape index (κ2) is 8.64. The van der Waals surface area contributed by atoms with E-state index in [2.05, 4.69) is 0 Å². The van der Waals surface area contributed by atoms with Crippen LogP contribution < -0.4 is 17.2 Å². The summed E-state index contributed by atoms with van der Waals surface area (Å²) in [6, 6.07) is 5.31. The van der Waals surface area contributed by atoms with Crippen LogP contribution in [0.2, 0.25) is 0 Å². The summed E-state index contributed by atoms with van der Waals surface area (Å²) in [6.07, 6.45) is 0. The molecule has 10 N–H and O–H groups in total. The number of hydrogen-bond acceptors (Lipinski definition) is 7. The average Bonchev–Trinajstić information content (AvgIpc) is 2.16. The molecule has 0 radical (unpaired) electrons. The number of anilines is 2. The van der Waals surface area contributed by atoms with Crippen molar-refractivity contribution in [2.75, 3.05) is 11.5 Å². The fourth-order valence-electron chi connectivity index (χ4n) is 0.802. The summed E-state index contributed by atoms with van der Waals surface area (Å²) in [7, 11) is -9.33. The topological polar surface area (TPSA) is 227 Å². The van der Waals surface area contributed by atoms with Crippen LogP contribution in [0.5, 0.6) is 0 Å². The van der Waals surface area contributed by atoms with Crippen LogP contribution in [0.1, 0.15) is 5.56 Å². The molecule has 1 rings (SSSR count). The Kier molecular flexibility index (Phi) is 9.00. The summed E-state index contributed by atoms with van der Waals surface area (Å²) < 4.78 is 63.2. The maximum atomic E-state index is 8.74. The molecule has 0 aliphatic rings. The van der Waals surface area contributed by atoms with Crippen LogP contribution in [0.25, 0.3) is 0 Å². The molecule has 0 bridgehead atoms. The van der Waals surface area contributed by atoms with E-state index in [4.69, 9.17) is 52.2 Å². The van der Waals surface area contributed by atoms with Gasteiger partial charge in [0.1, 0.15) is 0 Å². The molecular weight excluding hydrogens is 318 g/mol. The molecule has 0 spiro atoms. The van der Waals surface area contributed by atoms with Gasteiger partial charge in [-0.15, -0.1) is 0 Å². The van der Waals surface area contributed by atoms with Crippen LogP contribution in [0.15, 0.2) is 18.2 Å². The van der Waals surface area contributed by atoms with Crippen LogP contribution in [0.4, 0.5) is 11.4 Å². The highest BCUT2D eigenvalue weighted by molar-refractivity contribution is 7.80. The van der Waals surface area contributed by atoms with Gasteiger partial charge in [0, 0.05) is 17.9 Å². The molecular formula is C7H15N3O8S2. The maximum Gasteiger partial charge on any atom is 0.394 e. The van der Waals surface area contributed by atoms with E-state index in [1.807, 2.05) is 0 Å². The molecule has 0 saturated carbocycles. The van der Waals surface area contributed by atoms with Crippen molar-refractivity contribution in [1.29, 1.82) is 0 Å². The minimum absolute atomic E-state index is 0.441. The molecule has 0 aliphatic heterocycles. The molecule has 0 saturated heterocycles. The highest BCUT2D eigenvalue weighted by Crippen LogP contribution is 2.13. The van der Waals surface area contributed by atoms with Crippen molar-refractivity contribution in [3.8, 4) is 0 Å². The van der Waals surface area contributed by atoms with E-state index in [0.717, 1.165) is 5.56 Å². The Morgan fingerprint density at radius 1 is 0.900 bits per heavy atom. The molecule has 13 heteroatoms. The molecule has 0 unspecified atom stereocenters. The van der Waals surface area contributed by atoms with Crippen molar-refractivity contribution in [2.24, 2.45) is 5.73 Å². The lowest BCUT2D eigenvalue weighted by atomic mass is 10.1. The zero-order valence-electron chi connectivity index (χ0n) is 9.91. The molecule has 0 atom stereocenters. The summed E-state index contributed by atoms with van der Waals surface area (Å²) >= 11 is 0. The van der Waals surface area contributed by atoms with Crippen molar-refractivity contribution in [2.45, 2.75) is 6.54 Å². The fraction of sp³-hybridized carbons (Fsp3) is 0.143. The first-order chi connectivity index (χ1) is 8.74. The van der Waals surface area contributed by atoms with Crippen LogP contribution >= 0.6 is 0 Å². The highest BCUT2D eigenvalue weighted by atomic mass is 32.3. The average molecular weight is 333 g/mol. The summed E-state index contributed by atoms with van der Waals surface area (Å²) in [4.78, 5) is 0. The maximum absolute atomic E-state index is 8.74. The monoisotopic (exact) mass is 333 g/mol. The number of benzene rings is 1. The number of rotatable bonds is 1. The molecule has 0 amide bonds. The van der Waals surface area contributed by atoms with Gasteiger partial charge in [0.05, 0.1) is 0 Å². The van der Waals surface area contributed by atoms with Crippen LogP contribution in [-0.4, -0.2) is 35.0 Å². The quantitative estimate of drug-likeness (QED) is 0.243. The van der Waals surface area contributed by atoms with Crippen LogP contribution in [-0.2, 0) is 27.3 Å². The standard InChI is InChI=1S/C7H11N3.2H2O4S/c8-4-5-3-6(9)1-2-7(5)10;2*1-5(2,3)4/h1-3H,4,8-10H2;2*(H2,1,2,3,4). The van der Waals surface area contributed by atoms with Crippen molar-refractivity contribution in [1.82, 2.24) is 0 Å². The van der Waals surface area contributed by atoms with Gasteiger partial charge in [-0.25, -0.2) is 0 Å². The molecule has 1 aromatic rings. The van der Waals surface area contributed by atoms with E-state index in [1.54, 1.807) is 18.2 Å². The second-order valence-electron chi connectivity index (χ2n) is 3.06. The van der Waals surface area contributed by atoms with Gasteiger partial charge in [-0.2, -0.15) is 16.8 Å².